The van der Waals surface area contributed by atoms with E-state index in [0.717, 1.165) is 110 Å². The second-order valence-corrected chi connectivity index (χ2v) is 14.7. The molecular formula is C46H54N2O3. The van der Waals surface area contributed by atoms with Crippen LogP contribution in [-0.4, -0.2) is 23.0 Å². The Bertz CT molecular complexity index is 1820. The minimum atomic E-state index is -0.388. The molecule has 2 aliphatic heterocycles. The van der Waals surface area contributed by atoms with E-state index in [2.05, 4.69) is 125 Å². The first-order chi connectivity index (χ1) is 25.1. The van der Waals surface area contributed by atoms with Gasteiger partial charge in [-0.05, 0) is 74.6 Å². The molecule has 266 valence electrons. The molecule has 0 fully saturated rings. The molecule has 0 spiro atoms. The van der Waals surface area contributed by atoms with Gasteiger partial charge in [0, 0.05) is 10.8 Å². The van der Waals surface area contributed by atoms with Gasteiger partial charge < -0.3 is 13.9 Å². The summed E-state index contributed by atoms with van der Waals surface area (Å²) < 4.78 is 21.3. The van der Waals surface area contributed by atoms with Gasteiger partial charge in [0.05, 0.1) is 11.1 Å². The number of unbranched alkanes of at least 4 members (excludes halogenated alkanes) is 4. The van der Waals surface area contributed by atoms with E-state index in [9.17, 15) is 0 Å². The average Bonchev–Trinajstić information content (AvgIpc) is 3.88. The Kier molecular flexibility index (Phi) is 10.6. The van der Waals surface area contributed by atoms with E-state index < -0.39 is 0 Å². The summed E-state index contributed by atoms with van der Waals surface area (Å²) in [5, 5.41) is 2.10. The number of ether oxygens (including phenoxy) is 2. The average molecular weight is 683 g/mol. The Balaban J connectivity index is 1.34. The van der Waals surface area contributed by atoms with E-state index in [4.69, 9.17) is 23.9 Å². The SMILES string of the molecule is CCCCC1(CCCC)OC(c2cccc3c2oc2c(C4=N[C@H](c5ccccc5)C(CCCC)(CCCC)O4)cccc23)=N[C@@H]1c1ccccc1. The number of furan rings is 1. The molecule has 0 N–H and O–H groups in total. The molecule has 2 atom stereocenters. The molecule has 1 aromatic heterocycles. The minimum Gasteiger partial charge on any atom is -0.468 e. The second-order valence-electron chi connectivity index (χ2n) is 14.7. The number of rotatable bonds is 16. The zero-order chi connectivity index (χ0) is 35.3. The number of fused-ring (bicyclic) bond motifs is 3. The maximum absolute atomic E-state index is 7.15. The highest BCUT2D eigenvalue weighted by molar-refractivity contribution is 6.17. The lowest BCUT2D eigenvalue weighted by Crippen LogP contribution is -2.36. The van der Waals surface area contributed by atoms with Crippen molar-refractivity contribution in [2.24, 2.45) is 9.98 Å². The maximum Gasteiger partial charge on any atom is 0.221 e. The first-order valence-electron chi connectivity index (χ1n) is 19.6. The van der Waals surface area contributed by atoms with Gasteiger partial charge in [0.1, 0.15) is 34.5 Å². The van der Waals surface area contributed by atoms with Crippen molar-refractivity contribution in [3.63, 3.8) is 0 Å². The molecule has 0 radical (unpaired) electrons. The van der Waals surface area contributed by atoms with Crippen LogP contribution in [0.4, 0.5) is 0 Å². The lowest BCUT2D eigenvalue weighted by Gasteiger charge is -2.34. The number of para-hydroxylation sites is 2. The molecule has 0 saturated carbocycles. The lowest BCUT2D eigenvalue weighted by molar-refractivity contribution is 0.0328. The van der Waals surface area contributed by atoms with Gasteiger partial charge in [-0.1, -0.05) is 138 Å². The molecule has 0 saturated heterocycles. The van der Waals surface area contributed by atoms with Crippen LogP contribution in [0.25, 0.3) is 21.9 Å². The number of aliphatic imine (C=N–C) groups is 2. The molecule has 7 rings (SSSR count). The highest BCUT2D eigenvalue weighted by atomic mass is 16.5. The van der Waals surface area contributed by atoms with Crippen molar-refractivity contribution >= 4 is 33.7 Å². The van der Waals surface area contributed by atoms with Crippen molar-refractivity contribution in [2.45, 2.75) is 128 Å². The third-order valence-electron chi connectivity index (χ3n) is 11.1. The predicted molar refractivity (Wildman–Crippen MR) is 211 cm³/mol. The summed E-state index contributed by atoms with van der Waals surface area (Å²) in [6.45, 7) is 9.03. The van der Waals surface area contributed by atoms with Crippen molar-refractivity contribution < 1.29 is 13.9 Å². The molecular weight excluding hydrogens is 629 g/mol. The van der Waals surface area contributed by atoms with Crippen LogP contribution in [0.5, 0.6) is 0 Å². The summed E-state index contributed by atoms with van der Waals surface area (Å²) in [4.78, 5) is 10.8. The quantitative estimate of drug-likeness (QED) is 0.104. The van der Waals surface area contributed by atoms with E-state index in [-0.39, 0.29) is 23.3 Å². The summed E-state index contributed by atoms with van der Waals surface area (Å²) in [6.07, 6.45) is 12.7. The summed E-state index contributed by atoms with van der Waals surface area (Å²) in [7, 11) is 0. The molecule has 3 heterocycles. The Morgan fingerprint density at radius 1 is 0.471 bits per heavy atom. The minimum absolute atomic E-state index is 0.0717. The maximum atomic E-state index is 7.15. The molecule has 0 aliphatic carbocycles. The molecule has 2 aliphatic rings. The van der Waals surface area contributed by atoms with Crippen LogP contribution in [0.15, 0.2) is 111 Å². The summed E-state index contributed by atoms with van der Waals surface area (Å²) in [5.74, 6) is 1.36. The fraction of sp³-hybridized carbons (Fsp3) is 0.435. The molecule has 5 heteroatoms. The van der Waals surface area contributed by atoms with Crippen LogP contribution in [0.1, 0.15) is 139 Å². The van der Waals surface area contributed by atoms with Crippen LogP contribution < -0.4 is 0 Å². The van der Waals surface area contributed by atoms with Gasteiger partial charge in [0.2, 0.25) is 11.8 Å². The van der Waals surface area contributed by atoms with Crippen molar-refractivity contribution in [3.8, 4) is 0 Å². The highest BCUT2D eigenvalue weighted by Crippen LogP contribution is 2.49. The molecule has 5 aromatic rings. The Labute approximate surface area is 304 Å². The zero-order valence-corrected chi connectivity index (χ0v) is 31.0. The van der Waals surface area contributed by atoms with Crippen LogP contribution in [0.2, 0.25) is 0 Å². The Morgan fingerprint density at radius 3 is 1.20 bits per heavy atom. The first-order valence-corrected chi connectivity index (χ1v) is 19.6. The van der Waals surface area contributed by atoms with E-state index in [1.807, 2.05) is 0 Å². The lowest BCUT2D eigenvalue weighted by atomic mass is 9.81. The Hall–Kier alpha value is -4.38. The molecule has 5 nitrogen and oxygen atoms in total. The third kappa shape index (κ3) is 6.72. The number of hydrogen-bond donors (Lipinski definition) is 0. The smallest absolute Gasteiger partial charge is 0.221 e. The van der Waals surface area contributed by atoms with E-state index in [1.54, 1.807) is 0 Å². The standard InChI is InChI=1S/C46H54N2O3/c1-5-9-29-45(30-10-6-2)41(33-21-15-13-16-22-33)47-43(50-45)37-27-19-25-35-36-26-20-28-38(40(36)49-39(35)37)44-48-42(34-23-17-14-18-24-34)46(51-44,31-11-7-3)32-12-8-4/h13-28,41-42H,5-12,29-32H2,1-4H3/t41-,42-/m1/s1. The van der Waals surface area contributed by atoms with Crippen LogP contribution in [0, 0.1) is 0 Å². The topological polar surface area (TPSA) is 56.3 Å². The second kappa shape index (κ2) is 15.5. The van der Waals surface area contributed by atoms with Crippen molar-refractivity contribution in [2.75, 3.05) is 0 Å². The number of hydrogen-bond acceptors (Lipinski definition) is 5. The van der Waals surface area contributed by atoms with Gasteiger partial charge in [-0.3, -0.25) is 0 Å². The number of nitrogens with zero attached hydrogens (tertiary/aromatic N) is 2. The first kappa shape index (κ1) is 35.0. The van der Waals surface area contributed by atoms with E-state index >= 15 is 0 Å². The third-order valence-corrected chi connectivity index (χ3v) is 11.1. The van der Waals surface area contributed by atoms with E-state index in [1.165, 1.54) is 11.1 Å². The zero-order valence-electron chi connectivity index (χ0n) is 31.0. The molecule has 0 unspecified atom stereocenters. The largest absolute Gasteiger partial charge is 0.468 e. The van der Waals surface area contributed by atoms with Crippen LogP contribution in [-0.2, 0) is 9.47 Å². The predicted octanol–water partition coefficient (Wildman–Crippen LogP) is 12.9. The summed E-state index contributed by atoms with van der Waals surface area (Å²) >= 11 is 0. The fourth-order valence-electron chi connectivity index (χ4n) is 8.36. The fourth-order valence-corrected chi connectivity index (χ4v) is 8.36. The molecule has 0 bridgehead atoms. The van der Waals surface area contributed by atoms with E-state index in [0.29, 0.717) is 11.8 Å². The summed E-state index contributed by atoms with van der Waals surface area (Å²) in [5.41, 5.74) is 5.05. The normalized spacial score (nSPS) is 19.2. The van der Waals surface area contributed by atoms with Crippen molar-refractivity contribution in [1.29, 1.82) is 0 Å². The van der Waals surface area contributed by atoms with Gasteiger partial charge in [-0.15, -0.1) is 0 Å². The molecule has 51 heavy (non-hydrogen) atoms. The Morgan fingerprint density at radius 2 is 0.843 bits per heavy atom. The summed E-state index contributed by atoms with van der Waals surface area (Å²) in [6, 6.07) is 34.0. The van der Waals surface area contributed by atoms with Crippen LogP contribution in [0.3, 0.4) is 0 Å². The van der Waals surface area contributed by atoms with Gasteiger partial charge in [0.15, 0.2) is 0 Å². The van der Waals surface area contributed by atoms with Gasteiger partial charge in [-0.2, -0.15) is 0 Å². The number of benzene rings is 4. The highest BCUT2D eigenvalue weighted by Gasteiger charge is 2.48. The van der Waals surface area contributed by atoms with Gasteiger partial charge in [0.25, 0.3) is 0 Å². The van der Waals surface area contributed by atoms with Crippen LogP contribution >= 0.6 is 0 Å². The van der Waals surface area contributed by atoms with Crippen molar-refractivity contribution in [3.05, 3.63) is 119 Å². The van der Waals surface area contributed by atoms with Crippen molar-refractivity contribution in [1.82, 2.24) is 0 Å². The molecule has 0 amide bonds. The monoisotopic (exact) mass is 682 g/mol. The van der Waals surface area contributed by atoms with Gasteiger partial charge >= 0.3 is 0 Å². The van der Waals surface area contributed by atoms with Gasteiger partial charge in [-0.25, -0.2) is 9.98 Å². The molecule has 4 aromatic carbocycles.